The molecule has 2 N–H and O–H groups in total. The van der Waals surface area contributed by atoms with E-state index in [0.717, 1.165) is 55.1 Å². The topological polar surface area (TPSA) is 74.5 Å². The number of thiocarbonyl (C=S) groups is 1. The summed E-state index contributed by atoms with van der Waals surface area (Å²) in [4.78, 5) is 6.63. The maximum absolute atomic E-state index is 12.5. The Kier molecular flexibility index (Phi) is 4.93. The van der Waals surface area contributed by atoms with Gasteiger partial charge in [0.2, 0.25) is 0 Å². The summed E-state index contributed by atoms with van der Waals surface area (Å²) in [6, 6.07) is 11.7. The van der Waals surface area contributed by atoms with Gasteiger partial charge in [0.15, 0.2) is 11.5 Å². The number of nitrogens with zero attached hydrogens (tertiary/aromatic N) is 2. The van der Waals surface area contributed by atoms with E-state index in [9.17, 15) is 10.2 Å². The summed E-state index contributed by atoms with van der Waals surface area (Å²) >= 11 is 4.74. The molecule has 5 atom stereocenters. The monoisotopic (exact) mass is 490 g/mol. The molecule has 3 aliphatic carbocycles. The van der Waals surface area contributed by atoms with Crippen LogP contribution in [0.2, 0.25) is 0 Å². The zero-order chi connectivity index (χ0) is 23.8. The van der Waals surface area contributed by atoms with Crippen LogP contribution in [0, 0.1) is 5.92 Å². The molecule has 6 nitrogen and oxygen atoms in total. The van der Waals surface area contributed by atoms with Crippen molar-refractivity contribution in [3.8, 4) is 11.5 Å². The molecule has 0 unspecified atom stereocenters. The van der Waals surface area contributed by atoms with E-state index in [1.165, 1.54) is 18.4 Å². The molecule has 0 aromatic heterocycles. The lowest BCUT2D eigenvalue weighted by molar-refractivity contribution is -0.217. The van der Waals surface area contributed by atoms with Gasteiger partial charge in [-0.05, 0) is 92.5 Å². The zero-order valence-corrected chi connectivity index (χ0v) is 20.5. The van der Waals surface area contributed by atoms with Crippen LogP contribution in [0.25, 0.3) is 0 Å². The van der Waals surface area contributed by atoms with Crippen LogP contribution in [0.1, 0.15) is 48.8 Å². The summed E-state index contributed by atoms with van der Waals surface area (Å²) in [6.45, 7) is 2.45. The number of phenolic OH excluding ortho intramolecular Hbond substituents is 1. The van der Waals surface area contributed by atoms with Crippen molar-refractivity contribution in [2.75, 3.05) is 13.1 Å². The summed E-state index contributed by atoms with van der Waals surface area (Å²) in [7, 11) is 0. The smallest absolute Gasteiger partial charge is 0.165 e. The quantitative estimate of drug-likeness (QED) is 0.465. The first-order valence-corrected chi connectivity index (χ1v) is 13.2. The highest BCUT2D eigenvalue weighted by Crippen LogP contribution is 2.65. The lowest BCUT2D eigenvalue weighted by atomic mass is 9.48. The van der Waals surface area contributed by atoms with Gasteiger partial charge in [0, 0.05) is 18.2 Å². The highest BCUT2D eigenvalue weighted by atomic mass is 32.1. The molecule has 182 valence electrons. The van der Waals surface area contributed by atoms with Gasteiger partial charge in [-0.3, -0.25) is 4.90 Å². The molecule has 7 rings (SSSR count). The molecule has 2 aromatic carbocycles. The normalized spacial score (nSPS) is 34.6. The minimum Gasteiger partial charge on any atom is -0.504 e. The first-order valence-electron chi connectivity index (χ1n) is 12.8. The Morgan fingerprint density at radius 2 is 2.09 bits per heavy atom. The number of benzene rings is 2. The van der Waals surface area contributed by atoms with E-state index in [0.29, 0.717) is 18.8 Å². The van der Waals surface area contributed by atoms with E-state index >= 15 is 0 Å². The van der Waals surface area contributed by atoms with Gasteiger partial charge in [-0.2, -0.15) is 4.99 Å². The third kappa shape index (κ3) is 3.12. The Labute approximate surface area is 210 Å². The van der Waals surface area contributed by atoms with Gasteiger partial charge < -0.3 is 19.7 Å². The largest absolute Gasteiger partial charge is 0.504 e. The minimum atomic E-state index is -0.884. The number of hydrogen-bond donors (Lipinski definition) is 2. The Hall–Kier alpha value is -2.28. The van der Waals surface area contributed by atoms with Crippen molar-refractivity contribution < 1.29 is 19.7 Å². The number of likely N-dealkylation sites (tertiary alicyclic amines) is 1. The fourth-order valence-electron chi connectivity index (χ4n) is 7.58. The van der Waals surface area contributed by atoms with Crippen molar-refractivity contribution in [3.63, 3.8) is 0 Å². The standard InChI is InChI=1S/C28H30N2O4S/c31-21-7-6-19-13-23-28(32)9-8-22(33-15-18-2-1-3-20(12-18)29-16-35)26-27(28,24(19)25(21)34-26)10-11-30(23)14-17-4-5-17/h1-3,6-7,12,17,22-23,26,31-32H,4-5,8-11,13-15H2/t22-,23-,26+,27+,28-/m1/s1. The Bertz CT molecular complexity index is 1240. The van der Waals surface area contributed by atoms with Crippen molar-refractivity contribution in [1.82, 2.24) is 4.90 Å². The fourth-order valence-corrected chi connectivity index (χ4v) is 7.68. The summed E-state index contributed by atoms with van der Waals surface area (Å²) in [5, 5.41) is 25.7. The maximum Gasteiger partial charge on any atom is 0.165 e. The van der Waals surface area contributed by atoms with Crippen LogP contribution in [-0.4, -0.2) is 57.2 Å². The lowest BCUT2D eigenvalue weighted by Gasteiger charge is -2.64. The van der Waals surface area contributed by atoms with Gasteiger partial charge in [0.05, 0.1) is 34.6 Å². The fraction of sp³-hybridized carbons (Fsp3) is 0.536. The Morgan fingerprint density at radius 3 is 2.91 bits per heavy atom. The molecule has 2 aromatic rings. The zero-order valence-electron chi connectivity index (χ0n) is 19.7. The highest BCUT2D eigenvalue weighted by molar-refractivity contribution is 7.78. The summed E-state index contributed by atoms with van der Waals surface area (Å²) < 4.78 is 13.1. The van der Waals surface area contributed by atoms with E-state index in [4.69, 9.17) is 21.7 Å². The van der Waals surface area contributed by atoms with Gasteiger partial charge in [-0.15, -0.1) is 0 Å². The Morgan fingerprint density at radius 1 is 1.20 bits per heavy atom. The average Bonchev–Trinajstić information content (AvgIpc) is 3.59. The highest BCUT2D eigenvalue weighted by Gasteiger charge is 2.73. The van der Waals surface area contributed by atoms with E-state index in [1.54, 1.807) is 6.07 Å². The Balaban J connectivity index is 1.24. The molecule has 1 saturated heterocycles. The molecule has 0 amide bonds. The van der Waals surface area contributed by atoms with Crippen molar-refractivity contribution in [3.05, 3.63) is 53.1 Å². The molecule has 2 saturated carbocycles. The average molecular weight is 491 g/mol. The number of isothiocyanates is 1. The van der Waals surface area contributed by atoms with Crippen LogP contribution in [0.5, 0.6) is 11.5 Å². The number of rotatable bonds is 6. The van der Waals surface area contributed by atoms with Gasteiger partial charge in [0.1, 0.15) is 6.10 Å². The van der Waals surface area contributed by atoms with Gasteiger partial charge in [-0.25, -0.2) is 0 Å². The number of aromatic hydroxyl groups is 1. The predicted octanol–water partition coefficient (Wildman–Crippen LogP) is 4.28. The first kappa shape index (κ1) is 22.0. The lowest BCUT2D eigenvalue weighted by Crippen LogP contribution is -2.77. The molecule has 1 spiro atoms. The number of piperidine rings is 1. The number of hydrogen-bond acceptors (Lipinski definition) is 7. The van der Waals surface area contributed by atoms with Crippen LogP contribution in [0.4, 0.5) is 5.69 Å². The summed E-state index contributed by atoms with van der Waals surface area (Å²) in [5.41, 5.74) is 2.58. The molecule has 2 bridgehead atoms. The van der Waals surface area contributed by atoms with Gasteiger partial charge in [0.25, 0.3) is 0 Å². The SMILES string of the molecule is Oc1ccc2c3c1O[C@H]1[C@H](OCc4cccc(N=C=S)c4)CC[C@@]4(O)[C@@H](C2)N(CC2CC2)CC[C@]314. The van der Waals surface area contributed by atoms with Crippen LogP contribution in [0.15, 0.2) is 41.4 Å². The van der Waals surface area contributed by atoms with E-state index in [-0.39, 0.29) is 24.0 Å². The van der Waals surface area contributed by atoms with Gasteiger partial charge in [-0.1, -0.05) is 18.2 Å². The molecule has 3 fully saturated rings. The molecule has 0 radical (unpaired) electrons. The summed E-state index contributed by atoms with van der Waals surface area (Å²) in [5.74, 6) is 1.50. The molecule has 5 aliphatic rings. The van der Waals surface area contributed by atoms with Crippen LogP contribution >= 0.6 is 12.2 Å². The summed E-state index contributed by atoms with van der Waals surface area (Å²) in [6.07, 6.45) is 5.13. The maximum atomic E-state index is 12.5. The molecular formula is C28H30N2O4S. The number of phenols is 1. The number of aliphatic imine (C=N–C) groups is 1. The molecular weight excluding hydrogens is 460 g/mol. The third-order valence-electron chi connectivity index (χ3n) is 9.26. The van der Waals surface area contributed by atoms with Gasteiger partial charge >= 0.3 is 0 Å². The van der Waals surface area contributed by atoms with Crippen molar-refractivity contribution >= 4 is 23.1 Å². The van der Waals surface area contributed by atoms with E-state index in [2.05, 4.69) is 15.1 Å². The molecule has 7 heteroatoms. The van der Waals surface area contributed by atoms with Crippen LogP contribution in [-0.2, 0) is 23.2 Å². The van der Waals surface area contributed by atoms with E-state index < -0.39 is 11.0 Å². The molecule has 2 heterocycles. The van der Waals surface area contributed by atoms with Crippen molar-refractivity contribution in [1.29, 1.82) is 0 Å². The predicted molar refractivity (Wildman–Crippen MR) is 134 cm³/mol. The second-order valence-electron chi connectivity index (χ2n) is 11.1. The second-order valence-corrected chi connectivity index (χ2v) is 11.2. The molecule has 35 heavy (non-hydrogen) atoms. The van der Waals surface area contributed by atoms with Crippen molar-refractivity contribution in [2.24, 2.45) is 10.9 Å². The number of ether oxygens (including phenoxy) is 2. The minimum absolute atomic E-state index is 0.0797. The van der Waals surface area contributed by atoms with Crippen LogP contribution < -0.4 is 4.74 Å². The molecule has 2 aliphatic heterocycles. The van der Waals surface area contributed by atoms with E-state index in [1.807, 2.05) is 30.3 Å². The third-order valence-corrected chi connectivity index (χ3v) is 9.35. The van der Waals surface area contributed by atoms with Crippen LogP contribution in [0.3, 0.4) is 0 Å². The second kappa shape index (κ2) is 7.86. The number of aliphatic hydroxyl groups is 1. The first-order chi connectivity index (χ1) is 17.0. The van der Waals surface area contributed by atoms with Crippen molar-refractivity contribution in [2.45, 2.75) is 74.4 Å².